The molecule has 0 bridgehead atoms. The molecule has 0 heterocycles. The van der Waals surface area contributed by atoms with Crippen molar-refractivity contribution in [1.29, 1.82) is 5.26 Å². The van der Waals surface area contributed by atoms with E-state index in [1.807, 2.05) is 32.9 Å². The molecule has 0 unspecified atom stereocenters. The van der Waals surface area contributed by atoms with Crippen LogP contribution in [0.4, 0.5) is 5.69 Å². The first kappa shape index (κ1) is 19.2. The summed E-state index contributed by atoms with van der Waals surface area (Å²) in [6.07, 6.45) is 0.946. The molecule has 0 aliphatic heterocycles. The van der Waals surface area contributed by atoms with Crippen LogP contribution < -0.4 is 10.6 Å². The van der Waals surface area contributed by atoms with Crippen LogP contribution in [-0.2, 0) is 11.2 Å². The fraction of sp³-hybridized carbons (Fsp3) is 0.286. The molecule has 0 spiro atoms. The van der Waals surface area contributed by atoms with Gasteiger partial charge in [0.2, 0.25) is 5.91 Å². The van der Waals surface area contributed by atoms with Gasteiger partial charge in [-0.2, -0.15) is 5.26 Å². The Morgan fingerprint density at radius 3 is 2.15 bits per heavy atom. The van der Waals surface area contributed by atoms with Crippen molar-refractivity contribution in [2.45, 2.75) is 39.2 Å². The lowest BCUT2D eigenvalue weighted by Gasteiger charge is -2.20. The lowest BCUT2D eigenvalue weighted by molar-refractivity contribution is -0.116. The highest BCUT2D eigenvalue weighted by Gasteiger charge is 2.15. The van der Waals surface area contributed by atoms with Crippen LogP contribution >= 0.6 is 0 Å². The minimum absolute atomic E-state index is 0.0961. The number of anilines is 1. The molecule has 5 heteroatoms. The van der Waals surface area contributed by atoms with Crippen molar-refractivity contribution in [1.82, 2.24) is 5.32 Å². The Morgan fingerprint density at radius 1 is 1.00 bits per heavy atom. The second kappa shape index (κ2) is 8.30. The molecular weight excluding hydrogens is 326 g/mol. The van der Waals surface area contributed by atoms with Crippen molar-refractivity contribution in [3.05, 3.63) is 65.2 Å². The van der Waals surface area contributed by atoms with Crippen LogP contribution in [0.1, 0.15) is 48.7 Å². The predicted octanol–water partition coefficient (Wildman–Crippen LogP) is 3.66. The molecule has 2 amide bonds. The molecule has 2 rings (SSSR count). The fourth-order valence-electron chi connectivity index (χ4n) is 2.35. The smallest absolute Gasteiger partial charge is 0.251 e. The number of amides is 2. The van der Waals surface area contributed by atoms with Crippen molar-refractivity contribution in [2.24, 2.45) is 0 Å². The number of nitrogens with zero attached hydrogens (tertiary/aromatic N) is 1. The molecule has 0 fully saturated rings. The Bertz CT molecular complexity index is 810. The second-order valence-corrected chi connectivity index (χ2v) is 7.14. The molecule has 134 valence electrons. The van der Waals surface area contributed by atoms with E-state index in [1.54, 1.807) is 36.4 Å². The second-order valence-electron chi connectivity index (χ2n) is 7.14. The first-order valence-corrected chi connectivity index (χ1v) is 8.48. The van der Waals surface area contributed by atoms with Gasteiger partial charge >= 0.3 is 0 Å². The molecule has 2 N–H and O–H groups in total. The summed E-state index contributed by atoms with van der Waals surface area (Å²) in [6.45, 7) is 5.77. The van der Waals surface area contributed by atoms with Crippen LogP contribution in [-0.4, -0.2) is 17.4 Å². The van der Waals surface area contributed by atoms with Gasteiger partial charge < -0.3 is 10.6 Å². The number of hydrogen-bond donors (Lipinski definition) is 2. The highest BCUT2D eigenvalue weighted by Crippen LogP contribution is 2.12. The van der Waals surface area contributed by atoms with E-state index in [4.69, 9.17) is 5.26 Å². The van der Waals surface area contributed by atoms with E-state index in [1.165, 1.54) is 0 Å². The highest BCUT2D eigenvalue weighted by molar-refractivity contribution is 5.96. The highest BCUT2D eigenvalue weighted by atomic mass is 16.2. The van der Waals surface area contributed by atoms with E-state index >= 15 is 0 Å². The normalized spacial score (nSPS) is 10.7. The maximum absolute atomic E-state index is 12.1. The summed E-state index contributed by atoms with van der Waals surface area (Å²) in [5.41, 5.74) is 2.52. The summed E-state index contributed by atoms with van der Waals surface area (Å²) in [4.78, 5) is 24.2. The van der Waals surface area contributed by atoms with Crippen molar-refractivity contribution in [2.75, 3.05) is 5.32 Å². The third kappa shape index (κ3) is 6.06. The Hall–Kier alpha value is -3.13. The molecule has 5 nitrogen and oxygen atoms in total. The summed E-state index contributed by atoms with van der Waals surface area (Å²) in [7, 11) is 0. The van der Waals surface area contributed by atoms with E-state index in [9.17, 15) is 9.59 Å². The van der Waals surface area contributed by atoms with Gasteiger partial charge in [-0.15, -0.1) is 0 Å². The zero-order valence-electron chi connectivity index (χ0n) is 15.3. The van der Waals surface area contributed by atoms with Crippen LogP contribution in [0.15, 0.2) is 48.5 Å². The van der Waals surface area contributed by atoms with Crippen molar-refractivity contribution < 1.29 is 9.59 Å². The number of benzene rings is 2. The molecule has 0 aromatic heterocycles. The number of hydrogen-bond acceptors (Lipinski definition) is 3. The molecule has 0 aliphatic rings. The molecule has 26 heavy (non-hydrogen) atoms. The fourth-order valence-corrected chi connectivity index (χ4v) is 2.35. The molecule has 2 aromatic carbocycles. The Balaban J connectivity index is 1.86. The Kier molecular flexibility index (Phi) is 6.13. The minimum atomic E-state index is -0.296. The summed E-state index contributed by atoms with van der Waals surface area (Å²) >= 11 is 0. The maximum Gasteiger partial charge on any atom is 0.251 e. The van der Waals surface area contributed by atoms with Gasteiger partial charge in [-0.05, 0) is 69.2 Å². The summed E-state index contributed by atoms with van der Waals surface area (Å²) in [5, 5.41) is 14.5. The number of carbonyl (C=O) groups excluding carboxylic acids is 2. The van der Waals surface area contributed by atoms with Gasteiger partial charge in [0, 0.05) is 23.2 Å². The standard InChI is InChI=1S/C21H23N3O2/c1-21(2,3)24-20(26)17-9-11-18(12-10-17)23-19(25)13-8-15-4-6-16(14-22)7-5-15/h4-7,9-12H,8,13H2,1-3H3,(H,23,25)(H,24,26). The zero-order valence-corrected chi connectivity index (χ0v) is 15.3. The average molecular weight is 349 g/mol. The van der Waals surface area contributed by atoms with Gasteiger partial charge in [0.15, 0.2) is 0 Å². The largest absolute Gasteiger partial charge is 0.347 e. The lowest BCUT2D eigenvalue weighted by atomic mass is 10.1. The molecule has 2 aromatic rings. The third-order valence-electron chi connectivity index (χ3n) is 3.64. The molecule has 0 radical (unpaired) electrons. The van der Waals surface area contributed by atoms with Crippen LogP contribution in [0.25, 0.3) is 0 Å². The molecular formula is C21H23N3O2. The number of nitriles is 1. The molecule has 0 aliphatic carbocycles. The van der Waals surface area contributed by atoms with E-state index in [0.717, 1.165) is 5.56 Å². The van der Waals surface area contributed by atoms with Gasteiger partial charge in [0.1, 0.15) is 0 Å². The van der Waals surface area contributed by atoms with Gasteiger partial charge in [0.25, 0.3) is 5.91 Å². The monoisotopic (exact) mass is 349 g/mol. The number of aryl methyl sites for hydroxylation is 1. The SMILES string of the molecule is CC(C)(C)NC(=O)c1ccc(NC(=O)CCc2ccc(C#N)cc2)cc1. The molecule has 0 atom stereocenters. The number of nitrogens with one attached hydrogen (secondary N) is 2. The van der Waals surface area contributed by atoms with Gasteiger partial charge in [0.05, 0.1) is 11.6 Å². The van der Waals surface area contributed by atoms with Gasteiger partial charge in [-0.1, -0.05) is 12.1 Å². The van der Waals surface area contributed by atoms with Crippen LogP contribution in [0, 0.1) is 11.3 Å². The summed E-state index contributed by atoms with van der Waals surface area (Å²) in [5.74, 6) is -0.238. The van der Waals surface area contributed by atoms with E-state index < -0.39 is 0 Å². The summed E-state index contributed by atoms with van der Waals surface area (Å²) < 4.78 is 0. The van der Waals surface area contributed by atoms with Gasteiger partial charge in [-0.3, -0.25) is 9.59 Å². The van der Waals surface area contributed by atoms with Crippen LogP contribution in [0.5, 0.6) is 0 Å². The van der Waals surface area contributed by atoms with E-state index in [2.05, 4.69) is 16.7 Å². The average Bonchev–Trinajstić information content (AvgIpc) is 2.59. The Morgan fingerprint density at radius 2 is 1.62 bits per heavy atom. The molecule has 0 saturated heterocycles. The van der Waals surface area contributed by atoms with Crippen molar-refractivity contribution in [3.63, 3.8) is 0 Å². The first-order chi connectivity index (χ1) is 12.3. The van der Waals surface area contributed by atoms with E-state index in [-0.39, 0.29) is 17.4 Å². The zero-order chi connectivity index (χ0) is 19.2. The number of carbonyl (C=O) groups is 2. The molecule has 0 saturated carbocycles. The minimum Gasteiger partial charge on any atom is -0.347 e. The Labute approximate surface area is 154 Å². The van der Waals surface area contributed by atoms with E-state index in [0.29, 0.717) is 29.7 Å². The van der Waals surface area contributed by atoms with Gasteiger partial charge in [-0.25, -0.2) is 0 Å². The first-order valence-electron chi connectivity index (χ1n) is 8.48. The quantitative estimate of drug-likeness (QED) is 0.864. The van der Waals surface area contributed by atoms with Crippen molar-refractivity contribution in [3.8, 4) is 6.07 Å². The van der Waals surface area contributed by atoms with Crippen LogP contribution in [0.3, 0.4) is 0 Å². The van der Waals surface area contributed by atoms with Crippen LogP contribution in [0.2, 0.25) is 0 Å². The summed E-state index contributed by atoms with van der Waals surface area (Å²) in [6, 6.07) is 16.1. The lowest BCUT2D eigenvalue weighted by Crippen LogP contribution is -2.40. The number of rotatable bonds is 5. The predicted molar refractivity (Wildman–Crippen MR) is 102 cm³/mol. The topological polar surface area (TPSA) is 82.0 Å². The third-order valence-corrected chi connectivity index (χ3v) is 3.64. The maximum atomic E-state index is 12.1. The van der Waals surface area contributed by atoms with Crippen molar-refractivity contribution >= 4 is 17.5 Å².